The van der Waals surface area contributed by atoms with Crippen LogP contribution in [0.2, 0.25) is 0 Å². The van der Waals surface area contributed by atoms with Crippen LogP contribution in [0.1, 0.15) is 42.1 Å². The molecule has 0 N–H and O–H groups in total. The van der Waals surface area contributed by atoms with Gasteiger partial charge in [0.2, 0.25) is 0 Å². The summed E-state index contributed by atoms with van der Waals surface area (Å²) in [6, 6.07) is 8.47. The van der Waals surface area contributed by atoms with Gasteiger partial charge in [0.05, 0.1) is 0 Å². The number of rotatable bonds is 9. The molecule has 108 valence electrons. The molecule has 1 aromatic rings. The number of aryl methyl sites for hydroxylation is 1. The van der Waals surface area contributed by atoms with E-state index in [0.29, 0.717) is 13.0 Å². The Kier molecular flexibility index (Phi) is 8.22. The van der Waals surface area contributed by atoms with Crippen molar-refractivity contribution in [2.24, 2.45) is 0 Å². The largest absolute Gasteiger partial charge is 0.375 e. The Morgan fingerprint density at radius 2 is 1.89 bits per heavy atom. The Bertz CT molecular complexity index is 341. The first-order valence-electron chi connectivity index (χ1n) is 6.72. The first-order valence-corrected chi connectivity index (χ1v) is 7.63. The van der Waals surface area contributed by atoms with E-state index in [2.05, 4.69) is 47.1 Å². The molecule has 1 aromatic carbocycles. The fraction of sp³-hybridized carbons (Fsp3) is 0.600. The summed E-state index contributed by atoms with van der Waals surface area (Å²) in [5.41, 5.74) is 2.51. The maximum atomic E-state index is 11.9. The second-order valence-electron chi connectivity index (χ2n) is 4.57. The monoisotopic (exact) mass is 334 g/mol. The van der Waals surface area contributed by atoms with Crippen LogP contribution in [0.5, 0.6) is 0 Å². The second kappa shape index (κ2) is 9.43. The topological polar surface area (TPSA) is 9.23 Å². The molecule has 19 heavy (non-hydrogen) atoms. The maximum Gasteiger partial charge on any atom is 0.261 e. The Morgan fingerprint density at radius 3 is 2.47 bits per heavy atom. The van der Waals surface area contributed by atoms with Gasteiger partial charge in [-0.25, -0.2) is 8.78 Å². The molecule has 1 nitrogen and oxygen atoms in total. The van der Waals surface area contributed by atoms with Gasteiger partial charge in [0, 0.05) is 11.4 Å². The minimum atomic E-state index is -2.38. The van der Waals surface area contributed by atoms with Crippen LogP contribution in [0.3, 0.4) is 0 Å². The number of ether oxygens (including phenoxy) is 1. The van der Waals surface area contributed by atoms with E-state index in [9.17, 15) is 8.78 Å². The quantitative estimate of drug-likeness (QED) is 0.449. The molecule has 0 amide bonds. The van der Waals surface area contributed by atoms with Gasteiger partial charge >= 0.3 is 0 Å². The molecule has 1 atom stereocenters. The molecule has 0 aliphatic rings. The van der Waals surface area contributed by atoms with Crippen molar-refractivity contribution in [3.8, 4) is 0 Å². The zero-order chi connectivity index (χ0) is 14.1. The molecule has 0 aliphatic carbocycles. The summed E-state index contributed by atoms with van der Waals surface area (Å²) in [4.78, 5) is 0.158. The van der Waals surface area contributed by atoms with Crippen molar-refractivity contribution in [3.05, 3.63) is 35.4 Å². The third-order valence-corrected chi connectivity index (χ3v) is 3.91. The van der Waals surface area contributed by atoms with Crippen molar-refractivity contribution in [2.45, 2.75) is 43.9 Å². The number of halogens is 3. The maximum absolute atomic E-state index is 11.9. The fourth-order valence-electron chi connectivity index (χ4n) is 1.80. The van der Waals surface area contributed by atoms with Gasteiger partial charge in [0.25, 0.3) is 6.43 Å². The third kappa shape index (κ3) is 7.02. The zero-order valence-corrected chi connectivity index (χ0v) is 12.8. The highest BCUT2D eigenvalue weighted by Crippen LogP contribution is 2.26. The van der Waals surface area contributed by atoms with E-state index in [-0.39, 0.29) is 4.83 Å². The molecule has 0 saturated carbocycles. The smallest absolute Gasteiger partial charge is 0.261 e. The molecule has 0 aromatic heterocycles. The van der Waals surface area contributed by atoms with E-state index in [4.69, 9.17) is 4.74 Å². The molecule has 0 heterocycles. The lowest BCUT2D eigenvalue weighted by Crippen LogP contribution is -2.06. The van der Waals surface area contributed by atoms with Crippen LogP contribution < -0.4 is 0 Å². The van der Waals surface area contributed by atoms with Crippen LogP contribution >= 0.6 is 15.9 Å². The second-order valence-corrected chi connectivity index (χ2v) is 5.67. The van der Waals surface area contributed by atoms with Gasteiger partial charge in [-0.3, -0.25) is 0 Å². The van der Waals surface area contributed by atoms with Gasteiger partial charge in [-0.15, -0.1) is 0 Å². The van der Waals surface area contributed by atoms with E-state index in [1.54, 1.807) is 0 Å². The first kappa shape index (κ1) is 16.6. The normalized spacial score (nSPS) is 12.9. The lowest BCUT2D eigenvalue weighted by molar-refractivity contribution is 0.0167. The van der Waals surface area contributed by atoms with Gasteiger partial charge in [-0.1, -0.05) is 53.5 Å². The van der Waals surface area contributed by atoms with E-state index in [0.717, 1.165) is 6.42 Å². The number of unbranched alkanes of at least 4 members (excludes halogenated alkanes) is 1. The Hall–Kier alpha value is -0.480. The van der Waals surface area contributed by atoms with Crippen molar-refractivity contribution in [2.75, 3.05) is 13.2 Å². The average molecular weight is 335 g/mol. The number of hydrogen-bond donors (Lipinski definition) is 0. The van der Waals surface area contributed by atoms with Gasteiger partial charge in [0.1, 0.15) is 6.61 Å². The molecule has 0 radical (unpaired) electrons. The van der Waals surface area contributed by atoms with E-state index in [1.807, 2.05) is 0 Å². The zero-order valence-electron chi connectivity index (χ0n) is 11.2. The van der Waals surface area contributed by atoms with Crippen molar-refractivity contribution in [1.82, 2.24) is 0 Å². The molecule has 1 rings (SSSR count). The highest BCUT2D eigenvalue weighted by atomic mass is 79.9. The van der Waals surface area contributed by atoms with E-state index in [1.165, 1.54) is 24.0 Å². The minimum absolute atomic E-state index is 0.158. The molecule has 0 aliphatic heterocycles. The van der Waals surface area contributed by atoms with Crippen molar-refractivity contribution in [3.63, 3.8) is 0 Å². The van der Waals surface area contributed by atoms with E-state index >= 15 is 0 Å². The molecular weight excluding hydrogens is 314 g/mol. The summed E-state index contributed by atoms with van der Waals surface area (Å²) in [5.74, 6) is 0. The molecule has 4 heteroatoms. The number of benzene rings is 1. The summed E-state index contributed by atoms with van der Waals surface area (Å²) < 4.78 is 28.7. The van der Waals surface area contributed by atoms with Crippen LogP contribution in [0.15, 0.2) is 24.3 Å². The summed E-state index contributed by atoms with van der Waals surface area (Å²) in [5, 5.41) is 0. The minimum Gasteiger partial charge on any atom is -0.375 e. The molecule has 0 bridgehead atoms. The predicted molar refractivity (Wildman–Crippen MR) is 78.2 cm³/mol. The number of hydrogen-bond acceptors (Lipinski definition) is 1. The van der Waals surface area contributed by atoms with Crippen molar-refractivity contribution in [1.29, 1.82) is 0 Å². The summed E-state index contributed by atoms with van der Waals surface area (Å²) in [6.45, 7) is 2.05. The number of alkyl halides is 3. The predicted octanol–water partition coefficient (Wildman–Crippen LogP) is 5.14. The lowest BCUT2D eigenvalue weighted by atomic mass is 10.0. The molecule has 0 saturated heterocycles. The summed E-state index contributed by atoms with van der Waals surface area (Å²) in [7, 11) is 0. The van der Waals surface area contributed by atoms with Crippen LogP contribution in [-0.4, -0.2) is 19.6 Å². The standard InChI is InChI=1S/C15H21BrF2O/c1-2-3-4-12-5-7-13(8-6-12)14(16)9-10-19-11-15(17)18/h5-8,14-15H,2-4,9-11H2,1H3. The van der Waals surface area contributed by atoms with Crippen molar-refractivity contribution >= 4 is 15.9 Å². The van der Waals surface area contributed by atoms with Crippen molar-refractivity contribution < 1.29 is 13.5 Å². The first-order chi connectivity index (χ1) is 9.13. The molecule has 1 unspecified atom stereocenters. The third-order valence-electron chi connectivity index (χ3n) is 2.92. The summed E-state index contributed by atoms with van der Waals surface area (Å²) in [6.07, 6.45) is 1.83. The highest BCUT2D eigenvalue weighted by molar-refractivity contribution is 9.09. The highest BCUT2D eigenvalue weighted by Gasteiger charge is 2.08. The van der Waals surface area contributed by atoms with Gasteiger partial charge < -0.3 is 4.74 Å². The SMILES string of the molecule is CCCCc1ccc(C(Br)CCOCC(F)F)cc1. The van der Waals surface area contributed by atoms with Crippen LogP contribution in [0.4, 0.5) is 8.78 Å². The van der Waals surface area contributed by atoms with Crippen LogP contribution in [0.25, 0.3) is 0 Å². The summed E-state index contributed by atoms with van der Waals surface area (Å²) >= 11 is 3.56. The Morgan fingerprint density at radius 1 is 1.21 bits per heavy atom. The fourth-order valence-corrected chi connectivity index (χ4v) is 2.29. The van der Waals surface area contributed by atoms with Gasteiger partial charge in [-0.05, 0) is 30.4 Å². The molecule has 0 fully saturated rings. The Labute approximate surface area is 122 Å². The molecule has 0 spiro atoms. The Balaban J connectivity index is 2.33. The molecular formula is C15H21BrF2O. The average Bonchev–Trinajstić information content (AvgIpc) is 2.41. The van der Waals surface area contributed by atoms with E-state index < -0.39 is 13.0 Å². The van der Waals surface area contributed by atoms with Gasteiger partial charge in [0.15, 0.2) is 0 Å². The van der Waals surface area contributed by atoms with Gasteiger partial charge in [-0.2, -0.15) is 0 Å². The lowest BCUT2D eigenvalue weighted by Gasteiger charge is -2.11. The van der Waals surface area contributed by atoms with Crippen LogP contribution in [-0.2, 0) is 11.2 Å². The van der Waals surface area contributed by atoms with Crippen LogP contribution in [0, 0.1) is 0 Å².